The molecule has 0 N–H and O–H groups in total. The van der Waals surface area contributed by atoms with E-state index in [9.17, 15) is 25.0 Å². The van der Waals surface area contributed by atoms with Crippen LogP contribution in [0, 0.1) is 27.2 Å². The lowest BCUT2D eigenvalue weighted by molar-refractivity contribution is -0.385. The first-order chi connectivity index (χ1) is 12.9. The van der Waals surface area contributed by atoms with Gasteiger partial charge in [0, 0.05) is 49.9 Å². The number of aromatic nitrogens is 1. The molecule has 1 saturated heterocycles. The van der Waals surface area contributed by atoms with Crippen LogP contribution < -0.4 is 4.90 Å². The van der Waals surface area contributed by atoms with Crippen LogP contribution in [-0.4, -0.2) is 51.8 Å². The quantitative estimate of drug-likeness (QED) is 0.596. The Labute approximate surface area is 154 Å². The molecule has 0 aliphatic carbocycles. The lowest BCUT2D eigenvalue weighted by atomic mass is 10.1. The molecule has 0 bridgehead atoms. The Morgan fingerprint density at radius 2 is 1.70 bits per heavy atom. The van der Waals surface area contributed by atoms with Crippen molar-refractivity contribution in [3.63, 3.8) is 0 Å². The van der Waals surface area contributed by atoms with Crippen LogP contribution in [0.3, 0.4) is 0 Å². The van der Waals surface area contributed by atoms with E-state index < -0.39 is 9.85 Å². The number of nitrogens with zero attached hydrogens (tertiary/aromatic N) is 5. The van der Waals surface area contributed by atoms with Crippen LogP contribution in [0.4, 0.5) is 17.2 Å². The Bertz CT molecular complexity index is 908. The molecule has 1 amide bonds. The van der Waals surface area contributed by atoms with E-state index in [4.69, 9.17) is 0 Å². The van der Waals surface area contributed by atoms with Crippen LogP contribution in [0.5, 0.6) is 0 Å². The van der Waals surface area contributed by atoms with Crippen LogP contribution in [-0.2, 0) is 0 Å². The van der Waals surface area contributed by atoms with E-state index >= 15 is 0 Å². The second kappa shape index (κ2) is 7.36. The van der Waals surface area contributed by atoms with Gasteiger partial charge in [0.05, 0.1) is 9.85 Å². The zero-order valence-corrected chi connectivity index (χ0v) is 14.6. The van der Waals surface area contributed by atoms with Gasteiger partial charge in [-0.05, 0) is 18.6 Å². The van der Waals surface area contributed by atoms with Crippen LogP contribution in [0.1, 0.15) is 15.9 Å². The molecule has 0 atom stereocenters. The van der Waals surface area contributed by atoms with Gasteiger partial charge < -0.3 is 9.80 Å². The third-order valence-electron chi connectivity index (χ3n) is 4.42. The van der Waals surface area contributed by atoms with Gasteiger partial charge in [0.25, 0.3) is 17.3 Å². The van der Waals surface area contributed by atoms with E-state index in [2.05, 4.69) is 4.98 Å². The first-order valence-corrected chi connectivity index (χ1v) is 8.26. The van der Waals surface area contributed by atoms with E-state index in [1.807, 2.05) is 4.90 Å². The van der Waals surface area contributed by atoms with Crippen LogP contribution in [0.25, 0.3) is 0 Å². The van der Waals surface area contributed by atoms with Crippen LogP contribution in [0.15, 0.2) is 36.5 Å². The topological polar surface area (TPSA) is 123 Å². The molecule has 0 saturated carbocycles. The zero-order chi connectivity index (χ0) is 19.6. The maximum atomic E-state index is 12.6. The van der Waals surface area contributed by atoms with E-state index in [0.717, 1.165) is 0 Å². The highest BCUT2D eigenvalue weighted by atomic mass is 16.6. The molecular formula is C17H17N5O5. The lowest BCUT2D eigenvalue weighted by Gasteiger charge is -2.36. The lowest BCUT2D eigenvalue weighted by Crippen LogP contribution is -2.49. The minimum absolute atomic E-state index is 0.0595. The van der Waals surface area contributed by atoms with Gasteiger partial charge in [-0.2, -0.15) is 0 Å². The number of carbonyl (C=O) groups is 1. The standard InChI is InChI=1S/C17H17N5O5/c1-12-9-15(22(26)27)11-18-16(12)19-5-7-20(8-6-19)17(23)13-3-2-4-14(10-13)21(24)25/h2-4,9-11H,5-8H2,1H3. The fraction of sp³-hybridized carbons (Fsp3) is 0.294. The van der Waals surface area contributed by atoms with Crippen LogP contribution >= 0.6 is 0 Å². The number of nitro groups is 2. The summed E-state index contributed by atoms with van der Waals surface area (Å²) < 4.78 is 0. The molecule has 2 aromatic rings. The third kappa shape index (κ3) is 3.84. The average molecular weight is 371 g/mol. The van der Waals surface area contributed by atoms with Crippen molar-refractivity contribution < 1.29 is 14.6 Å². The Hall–Kier alpha value is -3.56. The molecule has 27 heavy (non-hydrogen) atoms. The number of piperazine rings is 1. The van der Waals surface area contributed by atoms with Crippen molar-refractivity contribution >= 4 is 23.1 Å². The summed E-state index contributed by atoms with van der Waals surface area (Å²) in [5.74, 6) is 0.398. The summed E-state index contributed by atoms with van der Waals surface area (Å²) in [6.07, 6.45) is 1.23. The van der Waals surface area contributed by atoms with Gasteiger partial charge in [0.2, 0.25) is 0 Å². The van der Waals surface area contributed by atoms with Gasteiger partial charge in [-0.1, -0.05) is 6.07 Å². The predicted octanol–water partition coefficient (Wildman–Crippen LogP) is 2.17. The first kappa shape index (κ1) is 18.2. The molecule has 0 spiro atoms. The molecule has 140 valence electrons. The number of rotatable bonds is 4. The van der Waals surface area contributed by atoms with E-state index in [1.54, 1.807) is 17.9 Å². The van der Waals surface area contributed by atoms with Crippen LogP contribution in [0.2, 0.25) is 0 Å². The smallest absolute Gasteiger partial charge is 0.287 e. The summed E-state index contributed by atoms with van der Waals surface area (Å²) in [7, 11) is 0. The second-order valence-corrected chi connectivity index (χ2v) is 6.18. The summed E-state index contributed by atoms with van der Waals surface area (Å²) in [6.45, 7) is 3.66. The summed E-state index contributed by atoms with van der Waals surface area (Å²) in [5.41, 5.74) is 0.797. The fourth-order valence-electron chi connectivity index (χ4n) is 3.04. The molecule has 0 radical (unpaired) electrons. The Morgan fingerprint density at radius 3 is 2.30 bits per heavy atom. The van der Waals surface area contributed by atoms with Gasteiger partial charge in [0.15, 0.2) is 0 Å². The molecule has 2 heterocycles. The van der Waals surface area contributed by atoms with Crippen molar-refractivity contribution in [2.45, 2.75) is 6.92 Å². The molecular weight excluding hydrogens is 354 g/mol. The monoisotopic (exact) mass is 371 g/mol. The number of aryl methyl sites for hydroxylation is 1. The molecule has 10 nitrogen and oxygen atoms in total. The fourth-order valence-corrected chi connectivity index (χ4v) is 3.04. The Morgan fingerprint density at radius 1 is 1.04 bits per heavy atom. The maximum Gasteiger partial charge on any atom is 0.287 e. The van der Waals surface area contributed by atoms with Crippen molar-refractivity contribution in [1.29, 1.82) is 0 Å². The number of carbonyl (C=O) groups excluding carboxylic acids is 1. The molecule has 1 aliphatic heterocycles. The largest absolute Gasteiger partial charge is 0.353 e. The minimum Gasteiger partial charge on any atom is -0.353 e. The van der Waals surface area contributed by atoms with Gasteiger partial charge in [-0.25, -0.2) is 4.98 Å². The Balaban J connectivity index is 1.68. The third-order valence-corrected chi connectivity index (χ3v) is 4.42. The van der Waals surface area contributed by atoms with E-state index in [-0.39, 0.29) is 22.8 Å². The molecule has 1 aliphatic rings. The number of pyridine rings is 1. The molecule has 1 aromatic carbocycles. The number of nitro benzene ring substituents is 1. The normalized spacial score (nSPS) is 14.1. The molecule has 10 heteroatoms. The summed E-state index contributed by atoms with van der Waals surface area (Å²) in [6, 6.07) is 7.15. The average Bonchev–Trinajstić information content (AvgIpc) is 2.67. The van der Waals surface area contributed by atoms with Crippen molar-refractivity contribution in [3.8, 4) is 0 Å². The summed E-state index contributed by atoms with van der Waals surface area (Å²) >= 11 is 0. The van der Waals surface area contributed by atoms with Gasteiger partial charge in [-0.3, -0.25) is 25.0 Å². The summed E-state index contributed by atoms with van der Waals surface area (Å²) in [5, 5.41) is 21.7. The van der Waals surface area contributed by atoms with Crippen molar-refractivity contribution in [3.05, 3.63) is 67.9 Å². The molecule has 1 aromatic heterocycles. The predicted molar refractivity (Wildman–Crippen MR) is 96.8 cm³/mol. The maximum absolute atomic E-state index is 12.6. The number of anilines is 1. The highest BCUT2D eigenvalue weighted by Gasteiger charge is 2.25. The van der Waals surface area contributed by atoms with Gasteiger partial charge in [0.1, 0.15) is 12.0 Å². The number of amides is 1. The number of non-ortho nitro benzene ring substituents is 1. The first-order valence-electron chi connectivity index (χ1n) is 8.26. The zero-order valence-electron chi connectivity index (χ0n) is 14.6. The van der Waals surface area contributed by atoms with Gasteiger partial charge in [-0.15, -0.1) is 0 Å². The van der Waals surface area contributed by atoms with E-state index in [1.165, 1.54) is 30.5 Å². The number of benzene rings is 1. The van der Waals surface area contributed by atoms with Crippen molar-refractivity contribution in [2.24, 2.45) is 0 Å². The summed E-state index contributed by atoms with van der Waals surface area (Å²) in [4.78, 5) is 41.1. The molecule has 1 fully saturated rings. The van der Waals surface area contributed by atoms with Crippen molar-refractivity contribution in [1.82, 2.24) is 9.88 Å². The highest BCUT2D eigenvalue weighted by Crippen LogP contribution is 2.23. The molecule has 3 rings (SSSR count). The number of hydrogen-bond donors (Lipinski definition) is 0. The van der Waals surface area contributed by atoms with E-state index in [0.29, 0.717) is 37.6 Å². The molecule has 0 unspecified atom stereocenters. The highest BCUT2D eigenvalue weighted by molar-refractivity contribution is 5.95. The van der Waals surface area contributed by atoms with Crippen molar-refractivity contribution in [2.75, 3.05) is 31.1 Å². The Kier molecular flexibility index (Phi) is 4.97. The second-order valence-electron chi connectivity index (χ2n) is 6.18. The SMILES string of the molecule is Cc1cc([N+](=O)[O-])cnc1N1CCN(C(=O)c2cccc([N+](=O)[O-])c2)CC1. The minimum atomic E-state index is -0.530. The van der Waals surface area contributed by atoms with Gasteiger partial charge >= 0.3 is 0 Å². The number of hydrogen-bond acceptors (Lipinski definition) is 7.